The number of hydrogen-bond acceptors (Lipinski definition) is 6. The van der Waals surface area contributed by atoms with Crippen molar-refractivity contribution in [3.05, 3.63) is 11.7 Å². The molecule has 0 aliphatic carbocycles. The highest BCUT2D eigenvalue weighted by atomic mass is 16.5. The van der Waals surface area contributed by atoms with Crippen LogP contribution in [0, 0.1) is 0 Å². The molecule has 3 heterocycles. The molecule has 0 bridgehead atoms. The zero-order valence-corrected chi connectivity index (χ0v) is 13.7. The van der Waals surface area contributed by atoms with Gasteiger partial charge in [0.1, 0.15) is 0 Å². The summed E-state index contributed by atoms with van der Waals surface area (Å²) >= 11 is 0. The molecule has 3 rings (SSSR count). The van der Waals surface area contributed by atoms with Gasteiger partial charge in [0, 0.05) is 19.0 Å². The van der Waals surface area contributed by atoms with E-state index >= 15 is 0 Å². The van der Waals surface area contributed by atoms with Gasteiger partial charge in [0.2, 0.25) is 5.89 Å². The molecule has 0 aromatic carbocycles. The Kier molecular flexibility index (Phi) is 4.82. The van der Waals surface area contributed by atoms with Crippen LogP contribution in [0.2, 0.25) is 0 Å². The van der Waals surface area contributed by atoms with Crippen LogP contribution >= 0.6 is 0 Å². The van der Waals surface area contributed by atoms with Crippen LogP contribution in [0.4, 0.5) is 4.79 Å². The Morgan fingerprint density at radius 3 is 2.78 bits per heavy atom. The summed E-state index contributed by atoms with van der Waals surface area (Å²) < 4.78 is 5.11. The van der Waals surface area contributed by atoms with Gasteiger partial charge in [-0.2, -0.15) is 4.98 Å². The molecule has 2 atom stereocenters. The third-order valence-electron chi connectivity index (χ3n) is 4.55. The maximum atomic E-state index is 12.3. The van der Waals surface area contributed by atoms with E-state index in [9.17, 15) is 9.90 Å². The van der Waals surface area contributed by atoms with Gasteiger partial charge in [0.05, 0.1) is 18.7 Å². The van der Waals surface area contributed by atoms with Crippen LogP contribution in [-0.2, 0) is 6.54 Å². The molecule has 2 fully saturated rings. The van der Waals surface area contributed by atoms with Crippen LogP contribution in [0.25, 0.3) is 0 Å². The second kappa shape index (κ2) is 6.84. The summed E-state index contributed by atoms with van der Waals surface area (Å²) in [5, 5.41) is 16.9. The second-order valence-corrected chi connectivity index (χ2v) is 6.64. The van der Waals surface area contributed by atoms with Crippen LogP contribution < -0.4 is 5.32 Å². The van der Waals surface area contributed by atoms with E-state index in [4.69, 9.17) is 4.52 Å². The normalized spacial score (nSPS) is 25.5. The van der Waals surface area contributed by atoms with E-state index in [1.54, 1.807) is 4.90 Å². The van der Waals surface area contributed by atoms with E-state index < -0.39 is 6.10 Å². The predicted octanol–water partition coefficient (Wildman–Crippen LogP) is 0.543. The monoisotopic (exact) mass is 323 g/mol. The van der Waals surface area contributed by atoms with Crippen molar-refractivity contribution in [2.75, 3.05) is 26.2 Å². The Morgan fingerprint density at radius 1 is 1.39 bits per heavy atom. The molecule has 1 aromatic rings. The van der Waals surface area contributed by atoms with Crippen LogP contribution in [0.3, 0.4) is 0 Å². The van der Waals surface area contributed by atoms with Crippen LogP contribution in [0.15, 0.2) is 4.52 Å². The first-order valence-electron chi connectivity index (χ1n) is 8.32. The van der Waals surface area contributed by atoms with Gasteiger partial charge < -0.3 is 19.8 Å². The molecule has 0 unspecified atom stereocenters. The Hall–Kier alpha value is -1.67. The summed E-state index contributed by atoms with van der Waals surface area (Å²) in [6.45, 7) is 7.13. The third-order valence-corrected chi connectivity index (χ3v) is 4.55. The Labute approximate surface area is 135 Å². The van der Waals surface area contributed by atoms with E-state index in [1.165, 1.54) is 12.8 Å². The third kappa shape index (κ3) is 3.64. The minimum Gasteiger partial charge on any atom is -0.390 e. The van der Waals surface area contributed by atoms with Crippen LogP contribution in [0.5, 0.6) is 0 Å². The topological polar surface area (TPSA) is 94.7 Å². The highest BCUT2D eigenvalue weighted by molar-refractivity contribution is 5.74. The fourth-order valence-electron chi connectivity index (χ4n) is 3.20. The molecule has 0 saturated carbocycles. The summed E-state index contributed by atoms with van der Waals surface area (Å²) in [5.74, 6) is 1.23. The van der Waals surface area contributed by atoms with E-state index in [1.807, 2.05) is 13.8 Å². The van der Waals surface area contributed by atoms with Crippen molar-refractivity contribution >= 4 is 6.03 Å². The zero-order valence-electron chi connectivity index (χ0n) is 13.7. The van der Waals surface area contributed by atoms with Gasteiger partial charge in [-0.05, 0) is 25.9 Å². The fraction of sp³-hybridized carbons (Fsp3) is 0.800. The van der Waals surface area contributed by atoms with Crippen molar-refractivity contribution in [3.8, 4) is 0 Å². The van der Waals surface area contributed by atoms with Gasteiger partial charge in [-0.3, -0.25) is 4.90 Å². The zero-order chi connectivity index (χ0) is 16.4. The number of rotatable bonds is 4. The van der Waals surface area contributed by atoms with Gasteiger partial charge >= 0.3 is 6.03 Å². The fourth-order valence-corrected chi connectivity index (χ4v) is 3.20. The van der Waals surface area contributed by atoms with Crippen molar-refractivity contribution in [2.24, 2.45) is 0 Å². The van der Waals surface area contributed by atoms with Crippen LogP contribution in [-0.4, -0.2) is 69.4 Å². The average molecular weight is 323 g/mol. The van der Waals surface area contributed by atoms with E-state index in [2.05, 4.69) is 20.4 Å². The van der Waals surface area contributed by atoms with Crippen molar-refractivity contribution in [1.82, 2.24) is 25.3 Å². The quantitative estimate of drug-likeness (QED) is 0.840. The van der Waals surface area contributed by atoms with Crippen molar-refractivity contribution < 1.29 is 14.4 Å². The van der Waals surface area contributed by atoms with E-state index in [0.29, 0.717) is 24.8 Å². The number of hydrogen-bond donors (Lipinski definition) is 2. The Bertz CT molecular complexity index is 541. The molecule has 23 heavy (non-hydrogen) atoms. The first kappa shape index (κ1) is 16.2. The number of likely N-dealkylation sites (tertiary alicyclic amines) is 2. The maximum Gasteiger partial charge on any atom is 0.317 e. The average Bonchev–Trinajstić information content (AvgIpc) is 3.24. The summed E-state index contributed by atoms with van der Waals surface area (Å²) in [6, 6.07) is -0.144. The molecule has 8 nitrogen and oxygen atoms in total. The minimum atomic E-state index is -0.477. The smallest absolute Gasteiger partial charge is 0.317 e. The van der Waals surface area contributed by atoms with Gasteiger partial charge in [0.25, 0.3) is 0 Å². The molecule has 1 aromatic heterocycles. The number of amides is 2. The molecule has 2 amide bonds. The summed E-state index contributed by atoms with van der Waals surface area (Å²) in [5.41, 5.74) is 0. The van der Waals surface area contributed by atoms with Gasteiger partial charge in [-0.15, -0.1) is 0 Å². The van der Waals surface area contributed by atoms with E-state index in [-0.39, 0.29) is 24.5 Å². The number of β-amino-alcohol motifs (C(OH)–C–C–N with tert-alkyl or cyclic N) is 1. The lowest BCUT2D eigenvalue weighted by atomic mass is 10.2. The molecular weight excluding hydrogens is 298 g/mol. The molecule has 2 aliphatic heterocycles. The highest BCUT2D eigenvalue weighted by Crippen LogP contribution is 2.21. The van der Waals surface area contributed by atoms with Gasteiger partial charge in [-0.1, -0.05) is 19.0 Å². The SMILES string of the molecule is CC(C)c1noc(CNC(=O)N2C[C@H](O)[C@@H](N3CCCC3)C2)n1. The van der Waals surface area contributed by atoms with Gasteiger partial charge in [0.15, 0.2) is 5.82 Å². The number of urea groups is 1. The first-order chi connectivity index (χ1) is 11.0. The largest absolute Gasteiger partial charge is 0.390 e. The summed E-state index contributed by atoms with van der Waals surface area (Å²) in [4.78, 5) is 20.4. The molecule has 0 spiro atoms. The number of aromatic nitrogens is 2. The van der Waals surface area contributed by atoms with Crippen molar-refractivity contribution in [1.29, 1.82) is 0 Å². The lowest BCUT2D eigenvalue weighted by molar-refractivity contribution is 0.0980. The minimum absolute atomic E-state index is 0.0548. The summed E-state index contributed by atoms with van der Waals surface area (Å²) in [7, 11) is 0. The lowest BCUT2D eigenvalue weighted by Gasteiger charge is -2.25. The molecule has 2 N–H and O–H groups in total. The Balaban J connectivity index is 1.50. The molecule has 2 saturated heterocycles. The van der Waals surface area contributed by atoms with Crippen molar-refractivity contribution in [2.45, 2.75) is 51.3 Å². The molecule has 0 radical (unpaired) electrons. The lowest BCUT2D eigenvalue weighted by Crippen LogP contribution is -2.42. The second-order valence-electron chi connectivity index (χ2n) is 6.64. The molecule has 2 aliphatic rings. The van der Waals surface area contributed by atoms with Crippen molar-refractivity contribution in [3.63, 3.8) is 0 Å². The first-order valence-corrected chi connectivity index (χ1v) is 8.32. The standard InChI is InChI=1S/C15H25N5O3/c1-10(2)14-17-13(23-18-14)7-16-15(22)20-8-11(12(21)9-20)19-5-3-4-6-19/h10-12,21H,3-9H2,1-2H3,(H,16,22)/t11-,12-/m0/s1. The number of carbonyl (C=O) groups excluding carboxylic acids is 1. The van der Waals surface area contributed by atoms with Gasteiger partial charge in [-0.25, -0.2) is 4.79 Å². The number of nitrogens with zero attached hydrogens (tertiary/aromatic N) is 4. The maximum absolute atomic E-state index is 12.3. The predicted molar refractivity (Wildman–Crippen MR) is 82.8 cm³/mol. The number of aliphatic hydroxyl groups is 1. The van der Waals surface area contributed by atoms with Crippen LogP contribution in [0.1, 0.15) is 44.3 Å². The van der Waals surface area contributed by atoms with E-state index in [0.717, 1.165) is 13.1 Å². The number of aliphatic hydroxyl groups excluding tert-OH is 1. The summed E-state index contributed by atoms with van der Waals surface area (Å²) in [6.07, 6.45) is 1.87. The number of carbonyl (C=O) groups is 1. The Morgan fingerprint density at radius 2 is 2.13 bits per heavy atom. The highest BCUT2D eigenvalue weighted by Gasteiger charge is 2.38. The molecule has 8 heteroatoms. The number of nitrogens with one attached hydrogen (secondary N) is 1. The molecule has 128 valence electrons. The molecular formula is C15H25N5O3.